The minimum atomic E-state index is -0.446. The van der Waals surface area contributed by atoms with E-state index in [1.807, 2.05) is 12.1 Å². The van der Waals surface area contributed by atoms with Crippen molar-refractivity contribution in [3.8, 4) is 5.75 Å². The van der Waals surface area contributed by atoms with Gasteiger partial charge in [0.1, 0.15) is 12.4 Å². The fourth-order valence-electron chi connectivity index (χ4n) is 1.82. The number of hydrogen-bond donors (Lipinski definition) is 2. The molecule has 3 nitrogen and oxygen atoms in total. The number of nitrogens with one attached hydrogen (secondary N) is 1. The van der Waals surface area contributed by atoms with Gasteiger partial charge in [0.15, 0.2) is 0 Å². The van der Waals surface area contributed by atoms with E-state index in [4.69, 9.17) is 4.74 Å². The number of hydrogen-bond acceptors (Lipinski definition) is 3. The van der Waals surface area contributed by atoms with Crippen molar-refractivity contribution in [1.29, 1.82) is 0 Å². The third-order valence-electron chi connectivity index (χ3n) is 2.81. The lowest BCUT2D eigenvalue weighted by molar-refractivity contribution is 0.122. The molecule has 0 aliphatic carbocycles. The first-order valence-corrected chi connectivity index (χ1v) is 6.69. The van der Waals surface area contributed by atoms with Crippen molar-refractivity contribution in [2.75, 3.05) is 13.2 Å². The molecule has 0 saturated carbocycles. The number of aliphatic hydroxyl groups is 1. The summed E-state index contributed by atoms with van der Waals surface area (Å²) in [6.07, 6.45) is 0.665. The summed E-state index contributed by atoms with van der Waals surface area (Å²) in [6.45, 7) is 9.42. The van der Waals surface area contributed by atoms with E-state index in [-0.39, 0.29) is 6.04 Å². The Bertz CT molecular complexity index is 364. The second-order valence-electron chi connectivity index (χ2n) is 4.88. The van der Waals surface area contributed by atoms with Gasteiger partial charge in [-0.3, -0.25) is 0 Å². The van der Waals surface area contributed by atoms with Crippen LogP contribution in [0.5, 0.6) is 5.75 Å². The van der Waals surface area contributed by atoms with Gasteiger partial charge in [0.2, 0.25) is 0 Å². The molecule has 1 rings (SSSR count). The lowest BCUT2D eigenvalue weighted by atomic mass is 10.0. The summed E-state index contributed by atoms with van der Waals surface area (Å²) >= 11 is 0. The van der Waals surface area contributed by atoms with E-state index >= 15 is 0 Å². The van der Waals surface area contributed by atoms with Crippen LogP contribution in [-0.4, -0.2) is 24.4 Å². The topological polar surface area (TPSA) is 41.5 Å². The van der Waals surface area contributed by atoms with E-state index in [2.05, 4.69) is 32.2 Å². The average Bonchev–Trinajstić information content (AvgIpc) is 2.34. The lowest BCUT2D eigenvalue weighted by Gasteiger charge is -2.19. The number of rotatable bonds is 7. The van der Waals surface area contributed by atoms with Gasteiger partial charge in [0.05, 0.1) is 6.10 Å². The predicted molar refractivity (Wildman–Crippen MR) is 75.1 cm³/mol. The Morgan fingerprint density at radius 3 is 2.67 bits per heavy atom. The monoisotopic (exact) mass is 251 g/mol. The zero-order valence-electron chi connectivity index (χ0n) is 11.9. The van der Waals surface area contributed by atoms with Crippen molar-refractivity contribution in [2.45, 2.75) is 46.3 Å². The molecule has 1 aromatic carbocycles. The Kier molecular flexibility index (Phi) is 6.16. The second-order valence-corrected chi connectivity index (χ2v) is 4.88. The summed E-state index contributed by atoms with van der Waals surface area (Å²) in [7, 11) is 0. The van der Waals surface area contributed by atoms with E-state index in [0.29, 0.717) is 6.61 Å². The van der Waals surface area contributed by atoms with Crippen molar-refractivity contribution < 1.29 is 9.84 Å². The van der Waals surface area contributed by atoms with Crippen LogP contribution in [0.15, 0.2) is 18.2 Å². The number of ether oxygens (including phenoxy) is 1. The van der Waals surface area contributed by atoms with Gasteiger partial charge in [-0.2, -0.15) is 0 Å². The summed E-state index contributed by atoms with van der Waals surface area (Å²) in [6, 6.07) is 6.42. The van der Waals surface area contributed by atoms with Gasteiger partial charge in [-0.25, -0.2) is 0 Å². The quantitative estimate of drug-likeness (QED) is 0.783. The van der Waals surface area contributed by atoms with Crippen molar-refractivity contribution in [3.63, 3.8) is 0 Å². The van der Waals surface area contributed by atoms with E-state index in [1.54, 1.807) is 6.92 Å². The van der Waals surface area contributed by atoms with Crippen molar-refractivity contribution in [2.24, 2.45) is 0 Å². The standard InChI is InChI=1S/C15H25NO2/c1-5-8-16-13(4)14-9-11(2)6-7-15(14)18-10-12(3)17/h6-7,9,12-13,16-17H,5,8,10H2,1-4H3. The molecule has 3 heteroatoms. The molecule has 102 valence electrons. The van der Waals surface area contributed by atoms with Gasteiger partial charge in [-0.15, -0.1) is 0 Å². The summed E-state index contributed by atoms with van der Waals surface area (Å²) in [5, 5.41) is 12.8. The Hall–Kier alpha value is -1.06. The van der Waals surface area contributed by atoms with Crippen molar-refractivity contribution >= 4 is 0 Å². The van der Waals surface area contributed by atoms with Crippen LogP contribution >= 0.6 is 0 Å². The second kappa shape index (κ2) is 7.39. The molecule has 0 aromatic heterocycles. The van der Waals surface area contributed by atoms with Crippen LogP contribution in [0.4, 0.5) is 0 Å². The number of aryl methyl sites for hydroxylation is 1. The molecule has 1 aromatic rings. The first-order valence-electron chi connectivity index (χ1n) is 6.69. The van der Waals surface area contributed by atoms with Crippen molar-refractivity contribution in [1.82, 2.24) is 5.32 Å². The molecule has 2 atom stereocenters. The Morgan fingerprint density at radius 1 is 1.33 bits per heavy atom. The average molecular weight is 251 g/mol. The van der Waals surface area contributed by atoms with Crippen LogP contribution in [0.3, 0.4) is 0 Å². The maximum atomic E-state index is 9.30. The molecule has 0 fully saturated rings. The highest BCUT2D eigenvalue weighted by molar-refractivity contribution is 5.39. The third kappa shape index (κ3) is 4.67. The third-order valence-corrected chi connectivity index (χ3v) is 2.81. The highest BCUT2D eigenvalue weighted by Gasteiger charge is 2.12. The maximum Gasteiger partial charge on any atom is 0.124 e. The molecule has 18 heavy (non-hydrogen) atoms. The minimum absolute atomic E-state index is 0.258. The van der Waals surface area contributed by atoms with Gasteiger partial charge in [0, 0.05) is 11.6 Å². The molecule has 0 radical (unpaired) electrons. The van der Waals surface area contributed by atoms with Crippen LogP contribution in [-0.2, 0) is 0 Å². The fraction of sp³-hybridized carbons (Fsp3) is 0.600. The maximum absolute atomic E-state index is 9.30. The Morgan fingerprint density at radius 2 is 2.06 bits per heavy atom. The van der Waals surface area contributed by atoms with E-state index < -0.39 is 6.10 Å². The lowest BCUT2D eigenvalue weighted by Crippen LogP contribution is -2.21. The molecule has 0 aliphatic rings. The van der Waals surface area contributed by atoms with Gasteiger partial charge < -0.3 is 15.2 Å². The summed E-state index contributed by atoms with van der Waals surface area (Å²) in [5.41, 5.74) is 2.38. The first kappa shape index (κ1) is 15.0. The molecular weight excluding hydrogens is 226 g/mol. The molecule has 2 unspecified atom stereocenters. The minimum Gasteiger partial charge on any atom is -0.491 e. The van der Waals surface area contributed by atoms with Crippen LogP contribution in [0, 0.1) is 6.92 Å². The molecule has 0 heterocycles. The summed E-state index contributed by atoms with van der Waals surface area (Å²) < 4.78 is 5.66. The summed E-state index contributed by atoms with van der Waals surface area (Å²) in [5.74, 6) is 0.859. The molecule has 0 spiro atoms. The van der Waals surface area contributed by atoms with Crippen LogP contribution in [0.25, 0.3) is 0 Å². The predicted octanol–water partition coefficient (Wildman–Crippen LogP) is 2.82. The fourth-order valence-corrected chi connectivity index (χ4v) is 1.82. The van der Waals surface area contributed by atoms with Crippen LogP contribution in [0.1, 0.15) is 44.4 Å². The van der Waals surface area contributed by atoms with E-state index in [0.717, 1.165) is 24.3 Å². The zero-order valence-corrected chi connectivity index (χ0v) is 11.9. The van der Waals surface area contributed by atoms with E-state index in [1.165, 1.54) is 5.56 Å². The Labute approximate surface area is 110 Å². The molecular formula is C15H25NO2. The van der Waals surface area contributed by atoms with Crippen molar-refractivity contribution in [3.05, 3.63) is 29.3 Å². The number of aliphatic hydroxyl groups excluding tert-OH is 1. The van der Waals surface area contributed by atoms with Crippen LogP contribution < -0.4 is 10.1 Å². The van der Waals surface area contributed by atoms with Gasteiger partial charge in [-0.1, -0.05) is 24.6 Å². The largest absolute Gasteiger partial charge is 0.491 e. The number of benzene rings is 1. The van der Waals surface area contributed by atoms with Crippen LogP contribution in [0.2, 0.25) is 0 Å². The highest BCUT2D eigenvalue weighted by Crippen LogP contribution is 2.26. The summed E-state index contributed by atoms with van der Waals surface area (Å²) in [4.78, 5) is 0. The zero-order chi connectivity index (χ0) is 13.5. The van der Waals surface area contributed by atoms with Gasteiger partial charge in [0.25, 0.3) is 0 Å². The highest BCUT2D eigenvalue weighted by atomic mass is 16.5. The normalized spacial score (nSPS) is 14.3. The Balaban J connectivity index is 2.81. The molecule has 0 saturated heterocycles. The first-order chi connectivity index (χ1) is 8.54. The molecule has 0 bridgehead atoms. The molecule has 2 N–H and O–H groups in total. The van der Waals surface area contributed by atoms with Gasteiger partial charge in [-0.05, 0) is 39.8 Å². The van der Waals surface area contributed by atoms with E-state index in [9.17, 15) is 5.11 Å². The molecule has 0 aliphatic heterocycles. The smallest absolute Gasteiger partial charge is 0.124 e. The SMILES string of the molecule is CCCNC(C)c1cc(C)ccc1OCC(C)O. The molecule has 0 amide bonds. The van der Waals surface area contributed by atoms with Gasteiger partial charge >= 0.3 is 0 Å².